The second-order valence-corrected chi connectivity index (χ2v) is 9.18. The van der Waals surface area contributed by atoms with E-state index in [1.54, 1.807) is 36.8 Å². The van der Waals surface area contributed by atoms with Crippen LogP contribution in [0.25, 0.3) is 0 Å². The largest absolute Gasteiger partial charge is 0.485 e. The molecule has 0 bridgehead atoms. The molecule has 0 aliphatic carbocycles. The molecule has 1 aliphatic rings. The first kappa shape index (κ1) is 25.4. The molecule has 34 heavy (non-hydrogen) atoms. The van der Waals surface area contributed by atoms with Gasteiger partial charge in [-0.25, -0.2) is 4.79 Å². The van der Waals surface area contributed by atoms with Crippen molar-refractivity contribution < 1.29 is 24.0 Å². The minimum Gasteiger partial charge on any atom is -0.485 e. The highest BCUT2D eigenvalue weighted by atomic mass is 16.5. The number of benzene rings is 1. The van der Waals surface area contributed by atoms with Crippen LogP contribution in [0.5, 0.6) is 5.75 Å². The summed E-state index contributed by atoms with van der Waals surface area (Å²) in [5.74, 6) is 0.709. The fraction of sp³-hybridized carbons (Fsp3) is 0.542. The summed E-state index contributed by atoms with van der Waals surface area (Å²) in [4.78, 5) is 31.5. The Hall–Kier alpha value is -3.27. The minimum atomic E-state index is -0.401. The van der Waals surface area contributed by atoms with Gasteiger partial charge in [0, 0.05) is 33.6 Å². The summed E-state index contributed by atoms with van der Waals surface area (Å²) in [5, 5.41) is 16.5. The molecule has 0 unspecified atom stereocenters. The van der Waals surface area contributed by atoms with Crippen molar-refractivity contribution in [3.63, 3.8) is 0 Å². The number of hydrogen-bond acceptors (Lipinski definition) is 7. The van der Waals surface area contributed by atoms with Crippen LogP contribution in [0.2, 0.25) is 0 Å². The quantitative estimate of drug-likeness (QED) is 0.664. The van der Waals surface area contributed by atoms with Gasteiger partial charge in [0.05, 0.1) is 30.4 Å². The third kappa shape index (κ3) is 5.11. The zero-order valence-corrected chi connectivity index (χ0v) is 21.0. The first-order valence-electron chi connectivity index (χ1n) is 11.4. The maximum atomic E-state index is 13.4. The molecule has 1 aromatic heterocycles. The lowest BCUT2D eigenvalue weighted by Crippen LogP contribution is -2.50. The van der Waals surface area contributed by atoms with Gasteiger partial charge in [0.25, 0.3) is 5.91 Å². The lowest BCUT2D eigenvalue weighted by Gasteiger charge is -2.39. The summed E-state index contributed by atoms with van der Waals surface area (Å²) < 4.78 is 11.6. The van der Waals surface area contributed by atoms with Crippen molar-refractivity contribution in [3.8, 4) is 5.75 Å². The monoisotopic (exact) mass is 473 g/mol. The Balaban J connectivity index is 1.92. The number of carbonyl (C=O) groups excluding carboxylic acids is 2. The number of rotatable bonds is 6. The smallest absolute Gasteiger partial charge is 0.321 e. The molecule has 0 radical (unpaired) electrons. The molecule has 2 aromatic rings. The van der Waals surface area contributed by atoms with Crippen molar-refractivity contribution in [2.24, 2.45) is 5.92 Å². The van der Waals surface area contributed by atoms with Gasteiger partial charge in [-0.1, -0.05) is 18.1 Å². The minimum absolute atomic E-state index is 0.115. The van der Waals surface area contributed by atoms with Gasteiger partial charge >= 0.3 is 6.03 Å². The van der Waals surface area contributed by atoms with Crippen LogP contribution in [-0.2, 0) is 0 Å². The number of aromatic nitrogens is 1. The second kappa shape index (κ2) is 10.3. The molecule has 0 spiro atoms. The van der Waals surface area contributed by atoms with E-state index in [2.05, 4.69) is 10.5 Å². The van der Waals surface area contributed by atoms with Gasteiger partial charge in [-0.05, 0) is 32.9 Å². The number of anilines is 2. The normalized spacial score (nSPS) is 18.9. The molecule has 3 atom stereocenters. The second-order valence-electron chi connectivity index (χ2n) is 9.18. The van der Waals surface area contributed by atoms with E-state index in [4.69, 9.17) is 9.26 Å². The Morgan fingerprint density at radius 3 is 2.62 bits per heavy atom. The van der Waals surface area contributed by atoms with Gasteiger partial charge in [0.2, 0.25) is 0 Å². The van der Waals surface area contributed by atoms with Crippen LogP contribution in [0.1, 0.15) is 35.7 Å². The number of aliphatic hydroxyl groups is 1. The molecule has 10 nitrogen and oxygen atoms in total. The molecular weight excluding hydrogens is 438 g/mol. The number of likely N-dealkylation sites (N-methyl/N-ethyl adjacent to an activating group) is 1. The van der Waals surface area contributed by atoms with E-state index in [1.165, 1.54) is 0 Å². The third-order valence-corrected chi connectivity index (χ3v) is 6.22. The summed E-state index contributed by atoms with van der Waals surface area (Å²) in [6.07, 6.45) is -0.401. The third-order valence-electron chi connectivity index (χ3n) is 6.22. The molecule has 1 aliphatic heterocycles. The zero-order valence-electron chi connectivity index (χ0n) is 21.0. The van der Waals surface area contributed by atoms with E-state index in [0.717, 1.165) is 5.69 Å². The number of carbonyl (C=O) groups is 2. The van der Waals surface area contributed by atoms with Crippen molar-refractivity contribution in [3.05, 3.63) is 35.2 Å². The van der Waals surface area contributed by atoms with Gasteiger partial charge in [-0.15, -0.1) is 0 Å². The van der Waals surface area contributed by atoms with Crippen molar-refractivity contribution in [1.82, 2.24) is 15.0 Å². The Morgan fingerprint density at radius 1 is 1.32 bits per heavy atom. The average molecular weight is 474 g/mol. The van der Waals surface area contributed by atoms with Crippen molar-refractivity contribution in [2.45, 2.75) is 39.8 Å². The molecule has 186 valence electrons. The van der Waals surface area contributed by atoms with Gasteiger partial charge in [-0.2, -0.15) is 0 Å². The van der Waals surface area contributed by atoms with E-state index in [1.807, 2.05) is 45.0 Å². The fourth-order valence-corrected chi connectivity index (χ4v) is 4.01. The molecule has 0 fully saturated rings. The molecule has 2 heterocycles. The van der Waals surface area contributed by atoms with Gasteiger partial charge in [0.15, 0.2) is 11.5 Å². The van der Waals surface area contributed by atoms with E-state index in [-0.39, 0.29) is 37.0 Å². The number of urea groups is 1. The number of aliphatic hydroxyl groups excluding tert-OH is 1. The van der Waals surface area contributed by atoms with Crippen LogP contribution in [0, 0.1) is 19.8 Å². The van der Waals surface area contributed by atoms with Crippen molar-refractivity contribution in [2.75, 3.05) is 51.1 Å². The number of ether oxygens (including phenoxy) is 1. The Labute approximate surface area is 200 Å². The van der Waals surface area contributed by atoms with E-state index < -0.39 is 6.10 Å². The highest BCUT2D eigenvalue weighted by Crippen LogP contribution is 2.36. The number of hydrogen-bond donors (Lipinski definition) is 2. The van der Waals surface area contributed by atoms with Crippen molar-refractivity contribution in [1.29, 1.82) is 0 Å². The molecule has 10 heteroatoms. The van der Waals surface area contributed by atoms with Crippen LogP contribution in [0.3, 0.4) is 0 Å². The predicted octanol–water partition coefficient (Wildman–Crippen LogP) is 2.74. The number of aryl methyl sites for hydroxylation is 2. The maximum Gasteiger partial charge on any atom is 0.321 e. The number of nitrogens with zero attached hydrogens (tertiary/aromatic N) is 4. The lowest BCUT2D eigenvalue weighted by atomic mass is 9.99. The number of amides is 3. The van der Waals surface area contributed by atoms with Gasteiger partial charge in [0.1, 0.15) is 17.5 Å². The first-order valence-corrected chi connectivity index (χ1v) is 11.4. The highest BCUT2D eigenvalue weighted by Gasteiger charge is 2.35. The fourth-order valence-electron chi connectivity index (χ4n) is 4.01. The Morgan fingerprint density at radius 2 is 2.03 bits per heavy atom. The number of para-hydroxylation sites is 1. The van der Waals surface area contributed by atoms with Crippen LogP contribution < -0.4 is 15.0 Å². The summed E-state index contributed by atoms with van der Waals surface area (Å²) >= 11 is 0. The summed E-state index contributed by atoms with van der Waals surface area (Å²) in [6, 6.07) is 4.78. The number of fused-ring (bicyclic) bond motifs is 1. The number of nitrogens with one attached hydrogen (secondary N) is 1. The SMILES string of the molecule is Cc1noc(C)c1NC(=O)N(C)C[C@H]1Oc2c(cccc2N(C)C)C(=O)N([C@H](C)CO)C[C@H]1C. The summed E-state index contributed by atoms with van der Waals surface area (Å²) in [5.41, 5.74) is 2.36. The predicted molar refractivity (Wildman–Crippen MR) is 130 cm³/mol. The first-order chi connectivity index (χ1) is 16.0. The lowest BCUT2D eigenvalue weighted by molar-refractivity contribution is 0.0372. The van der Waals surface area contributed by atoms with E-state index >= 15 is 0 Å². The topological polar surface area (TPSA) is 111 Å². The van der Waals surface area contributed by atoms with Crippen LogP contribution in [0.4, 0.5) is 16.2 Å². The molecule has 3 amide bonds. The highest BCUT2D eigenvalue weighted by molar-refractivity contribution is 5.99. The van der Waals surface area contributed by atoms with E-state index in [0.29, 0.717) is 35.0 Å². The van der Waals surface area contributed by atoms with Gasteiger partial charge < -0.3 is 34.4 Å². The standard InChI is InChI=1S/C24H35N5O5/c1-14-11-29(15(2)13-30)23(31)18-9-8-10-19(27(5)6)22(18)33-20(14)12-28(7)24(32)25-21-16(3)26-34-17(21)4/h8-10,14-15,20,30H,11-13H2,1-7H3,(H,25,32)/t14-,15-,20-/m1/s1. The molecule has 0 saturated carbocycles. The summed E-state index contributed by atoms with van der Waals surface area (Å²) in [6.45, 7) is 7.83. The van der Waals surface area contributed by atoms with Crippen LogP contribution >= 0.6 is 0 Å². The summed E-state index contributed by atoms with van der Waals surface area (Å²) in [7, 11) is 5.47. The maximum absolute atomic E-state index is 13.4. The average Bonchev–Trinajstić information content (AvgIpc) is 3.12. The molecule has 0 saturated heterocycles. The molecule has 1 aromatic carbocycles. The Kier molecular flexibility index (Phi) is 7.71. The van der Waals surface area contributed by atoms with E-state index in [9.17, 15) is 14.7 Å². The zero-order chi connectivity index (χ0) is 25.2. The van der Waals surface area contributed by atoms with Crippen molar-refractivity contribution >= 4 is 23.3 Å². The van der Waals surface area contributed by atoms with Crippen LogP contribution in [-0.4, -0.2) is 85.0 Å². The molecule has 3 rings (SSSR count). The van der Waals surface area contributed by atoms with Gasteiger partial charge in [-0.3, -0.25) is 4.79 Å². The molecule has 2 N–H and O–H groups in total. The molecular formula is C24H35N5O5. The Bertz CT molecular complexity index is 1020. The van der Waals surface area contributed by atoms with Crippen LogP contribution in [0.15, 0.2) is 22.7 Å².